The molecule has 0 aliphatic heterocycles. The summed E-state index contributed by atoms with van der Waals surface area (Å²) in [7, 11) is 0. The SMILES string of the molecule is O=C(O)C1CCCC(NC2CCCCCC2)C1. The lowest BCUT2D eigenvalue weighted by atomic mass is 9.85. The van der Waals surface area contributed by atoms with Crippen molar-refractivity contribution in [2.24, 2.45) is 5.92 Å². The average Bonchev–Trinajstić information content (AvgIpc) is 2.58. The molecule has 2 unspecified atom stereocenters. The third-order valence-corrected chi connectivity index (χ3v) is 4.35. The summed E-state index contributed by atoms with van der Waals surface area (Å²) in [6, 6.07) is 1.10. The lowest BCUT2D eigenvalue weighted by Crippen LogP contribution is -2.42. The van der Waals surface area contributed by atoms with E-state index < -0.39 is 5.97 Å². The summed E-state index contributed by atoms with van der Waals surface area (Å²) in [6.45, 7) is 0. The maximum absolute atomic E-state index is 11.0. The Balaban J connectivity index is 1.79. The zero-order chi connectivity index (χ0) is 12.1. The number of carboxylic acids is 1. The van der Waals surface area contributed by atoms with Gasteiger partial charge in [0.2, 0.25) is 0 Å². The third-order valence-electron chi connectivity index (χ3n) is 4.35. The molecule has 2 N–H and O–H groups in total. The van der Waals surface area contributed by atoms with E-state index >= 15 is 0 Å². The summed E-state index contributed by atoms with van der Waals surface area (Å²) in [5, 5.41) is 12.8. The normalized spacial score (nSPS) is 32.0. The summed E-state index contributed by atoms with van der Waals surface area (Å²) in [6.07, 6.45) is 12.0. The van der Waals surface area contributed by atoms with E-state index in [0.717, 1.165) is 19.3 Å². The van der Waals surface area contributed by atoms with Gasteiger partial charge in [0, 0.05) is 12.1 Å². The van der Waals surface area contributed by atoms with Gasteiger partial charge in [-0.2, -0.15) is 0 Å². The molecule has 2 saturated carbocycles. The Labute approximate surface area is 104 Å². The smallest absolute Gasteiger partial charge is 0.306 e. The van der Waals surface area contributed by atoms with Crippen LogP contribution < -0.4 is 5.32 Å². The first-order valence-electron chi connectivity index (χ1n) is 7.24. The van der Waals surface area contributed by atoms with E-state index in [2.05, 4.69) is 5.32 Å². The van der Waals surface area contributed by atoms with Crippen LogP contribution in [0.25, 0.3) is 0 Å². The fourth-order valence-electron chi connectivity index (χ4n) is 3.34. The molecule has 0 heterocycles. The van der Waals surface area contributed by atoms with Crippen molar-refractivity contribution in [3.8, 4) is 0 Å². The van der Waals surface area contributed by atoms with Gasteiger partial charge in [-0.25, -0.2) is 0 Å². The Kier molecular flexibility index (Phi) is 4.84. The first kappa shape index (κ1) is 12.9. The molecule has 2 atom stereocenters. The number of carboxylic acid groups (broad SMARTS) is 1. The van der Waals surface area contributed by atoms with Crippen LogP contribution in [0.1, 0.15) is 64.2 Å². The largest absolute Gasteiger partial charge is 0.481 e. The van der Waals surface area contributed by atoms with Crippen molar-refractivity contribution in [3.05, 3.63) is 0 Å². The van der Waals surface area contributed by atoms with E-state index in [1.165, 1.54) is 44.9 Å². The van der Waals surface area contributed by atoms with Crippen molar-refractivity contribution in [2.75, 3.05) is 0 Å². The molecule has 3 heteroatoms. The van der Waals surface area contributed by atoms with E-state index in [0.29, 0.717) is 12.1 Å². The number of hydrogen-bond donors (Lipinski definition) is 2. The van der Waals surface area contributed by atoms with Crippen molar-refractivity contribution in [1.29, 1.82) is 0 Å². The number of aliphatic carboxylic acids is 1. The van der Waals surface area contributed by atoms with E-state index in [9.17, 15) is 4.79 Å². The molecule has 0 amide bonds. The summed E-state index contributed by atoms with van der Waals surface area (Å²) < 4.78 is 0. The molecular formula is C14H25NO2. The maximum atomic E-state index is 11.0. The zero-order valence-corrected chi connectivity index (χ0v) is 10.7. The van der Waals surface area contributed by atoms with Gasteiger partial charge in [-0.15, -0.1) is 0 Å². The van der Waals surface area contributed by atoms with Crippen molar-refractivity contribution in [3.63, 3.8) is 0 Å². The zero-order valence-electron chi connectivity index (χ0n) is 10.7. The van der Waals surface area contributed by atoms with Crippen LogP contribution in [0, 0.1) is 5.92 Å². The standard InChI is InChI=1S/C14H25NO2/c16-14(17)11-6-5-9-13(10-11)15-12-7-3-1-2-4-8-12/h11-13,15H,1-10H2,(H,16,17). The van der Waals surface area contributed by atoms with Crippen LogP contribution in [0.15, 0.2) is 0 Å². The van der Waals surface area contributed by atoms with Crippen molar-refractivity contribution in [1.82, 2.24) is 5.32 Å². The first-order chi connectivity index (χ1) is 8.25. The predicted octanol–water partition coefficient (Wildman–Crippen LogP) is 2.94. The molecular weight excluding hydrogens is 214 g/mol. The molecule has 2 aliphatic rings. The van der Waals surface area contributed by atoms with Gasteiger partial charge in [0.25, 0.3) is 0 Å². The molecule has 0 aromatic carbocycles. The lowest BCUT2D eigenvalue weighted by molar-refractivity contribution is -0.143. The van der Waals surface area contributed by atoms with E-state index in [1.807, 2.05) is 0 Å². The molecule has 2 aliphatic carbocycles. The lowest BCUT2D eigenvalue weighted by Gasteiger charge is -2.31. The fourth-order valence-corrected chi connectivity index (χ4v) is 3.34. The van der Waals surface area contributed by atoms with Crippen molar-refractivity contribution < 1.29 is 9.90 Å². The summed E-state index contributed by atoms with van der Waals surface area (Å²) >= 11 is 0. The molecule has 17 heavy (non-hydrogen) atoms. The summed E-state index contributed by atoms with van der Waals surface area (Å²) in [5.41, 5.74) is 0. The molecule has 0 spiro atoms. The molecule has 2 rings (SSSR count). The van der Waals surface area contributed by atoms with Gasteiger partial charge in [-0.3, -0.25) is 4.79 Å². The van der Waals surface area contributed by atoms with Gasteiger partial charge in [0.15, 0.2) is 0 Å². The summed E-state index contributed by atoms with van der Waals surface area (Å²) in [4.78, 5) is 11.0. The second kappa shape index (κ2) is 6.39. The van der Waals surface area contributed by atoms with Crippen LogP contribution in [0.4, 0.5) is 0 Å². The number of rotatable bonds is 3. The minimum absolute atomic E-state index is 0.105. The van der Waals surface area contributed by atoms with Crippen LogP contribution in [0.2, 0.25) is 0 Å². The van der Waals surface area contributed by atoms with E-state index in [-0.39, 0.29) is 5.92 Å². The molecule has 0 aromatic heterocycles. The van der Waals surface area contributed by atoms with Gasteiger partial charge < -0.3 is 10.4 Å². The van der Waals surface area contributed by atoms with Crippen LogP contribution in [-0.4, -0.2) is 23.2 Å². The Hall–Kier alpha value is -0.570. The fraction of sp³-hybridized carbons (Fsp3) is 0.929. The number of nitrogens with one attached hydrogen (secondary N) is 1. The van der Waals surface area contributed by atoms with Crippen LogP contribution >= 0.6 is 0 Å². The first-order valence-corrected chi connectivity index (χ1v) is 7.24. The Morgan fingerprint density at radius 3 is 2.18 bits per heavy atom. The van der Waals surface area contributed by atoms with Crippen LogP contribution in [-0.2, 0) is 4.79 Å². The van der Waals surface area contributed by atoms with Gasteiger partial charge in [0.05, 0.1) is 5.92 Å². The maximum Gasteiger partial charge on any atom is 0.306 e. The molecule has 3 nitrogen and oxygen atoms in total. The highest BCUT2D eigenvalue weighted by atomic mass is 16.4. The van der Waals surface area contributed by atoms with E-state index in [1.54, 1.807) is 0 Å². The van der Waals surface area contributed by atoms with Gasteiger partial charge in [0.1, 0.15) is 0 Å². The molecule has 2 fully saturated rings. The topological polar surface area (TPSA) is 49.3 Å². The Bertz CT molecular complexity index is 247. The second-order valence-corrected chi connectivity index (χ2v) is 5.75. The van der Waals surface area contributed by atoms with Gasteiger partial charge in [-0.05, 0) is 32.1 Å². The molecule has 98 valence electrons. The average molecular weight is 239 g/mol. The molecule has 0 aromatic rings. The Morgan fingerprint density at radius 1 is 0.882 bits per heavy atom. The van der Waals surface area contributed by atoms with Crippen molar-refractivity contribution >= 4 is 5.97 Å². The minimum atomic E-state index is -0.600. The molecule has 0 radical (unpaired) electrons. The van der Waals surface area contributed by atoms with Gasteiger partial charge in [-0.1, -0.05) is 32.1 Å². The third kappa shape index (κ3) is 3.98. The van der Waals surface area contributed by atoms with Crippen molar-refractivity contribution in [2.45, 2.75) is 76.3 Å². The molecule has 0 saturated heterocycles. The number of hydrogen-bond acceptors (Lipinski definition) is 2. The van der Waals surface area contributed by atoms with Crippen LogP contribution in [0.3, 0.4) is 0 Å². The van der Waals surface area contributed by atoms with Gasteiger partial charge >= 0.3 is 5.97 Å². The minimum Gasteiger partial charge on any atom is -0.481 e. The van der Waals surface area contributed by atoms with E-state index in [4.69, 9.17) is 5.11 Å². The highest BCUT2D eigenvalue weighted by Gasteiger charge is 2.28. The summed E-state index contributed by atoms with van der Waals surface area (Å²) in [5.74, 6) is -0.704. The highest BCUT2D eigenvalue weighted by molar-refractivity contribution is 5.70. The molecule has 0 bridgehead atoms. The Morgan fingerprint density at radius 2 is 1.53 bits per heavy atom. The second-order valence-electron chi connectivity index (χ2n) is 5.75. The number of carbonyl (C=O) groups is 1. The predicted molar refractivity (Wildman–Crippen MR) is 68.0 cm³/mol. The van der Waals surface area contributed by atoms with Crippen LogP contribution in [0.5, 0.6) is 0 Å². The highest BCUT2D eigenvalue weighted by Crippen LogP contribution is 2.26. The monoisotopic (exact) mass is 239 g/mol. The quantitative estimate of drug-likeness (QED) is 0.744.